The molecule has 6 heteroatoms. The van der Waals surface area contributed by atoms with Crippen molar-refractivity contribution < 1.29 is 9.59 Å². The fourth-order valence-electron chi connectivity index (χ4n) is 2.21. The molecule has 0 fully saturated rings. The number of primary amides is 1. The van der Waals surface area contributed by atoms with Gasteiger partial charge in [0, 0.05) is 4.88 Å². The van der Waals surface area contributed by atoms with E-state index in [1.54, 1.807) is 0 Å². The Hall–Kier alpha value is -1.01. The molecule has 0 atom stereocenters. The lowest BCUT2D eigenvalue weighted by Crippen LogP contribution is -2.19. The zero-order valence-corrected chi connectivity index (χ0v) is 11.9. The summed E-state index contributed by atoms with van der Waals surface area (Å²) in [6.07, 6.45) is 5.97. The van der Waals surface area contributed by atoms with Gasteiger partial charge in [0.15, 0.2) is 0 Å². The second kappa shape index (κ2) is 5.75. The van der Waals surface area contributed by atoms with Crippen molar-refractivity contribution in [1.82, 2.24) is 0 Å². The van der Waals surface area contributed by atoms with Crippen LogP contribution in [0.2, 0.25) is 0 Å². The molecular formula is C12H16N2O2S2. The molecule has 18 heavy (non-hydrogen) atoms. The van der Waals surface area contributed by atoms with Gasteiger partial charge >= 0.3 is 0 Å². The number of rotatable bonds is 4. The summed E-state index contributed by atoms with van der Waals surface area (Å²) < 4.78 is 0. The maximum Gasteiger partial charge on any atom is 0.251 e. The summed E-state index contributed by atoms with van der Waals surface area (Å²) in [5.74, 6) is -0.127. The number of hydrogen-bond acceptors (Lipinski definition) is 4. The van der Waals surface area contributed by atoms with Crippen molar-refractivity contribution in [3.8, 4) is 0 Å². The van der Waals surface area contributed by atoms with Crippen LogP contribution in [-0.4, -0.2) is 23.8 Å². The average molecular weight is 284 g/mol. The second-order valence-corrected chi connectivity index (χ2v) is 6.23. The summed E-state index contributed by atoms with van der Waals surface area (Å²) >= 11 is 2.96. The quantitative estimate of drug-likeness (QED) is 0.888. The van der Waals surface area contributed by atoms with E-state index in [9.17, 15) is 9.59 Å². The number of nitrogens with two attached hydrogens (primary N) is 1. The number of thioether (sulfide) groups is 1. The van der Waals surface area contributed by atoms with Crippen LogP contribution < -0.4 is 11.1 Å². The van der Waals surface area contributed by atoms with Gasteiger partial charge < -0.3 is 11.1 Å². The summed E-state index contributed by atoms with van der Waals surface area (Å²) in [6.45, 7) is 0. The molecule has 0 bridgehead atoms. The summed E-state index contributed by atoms with van der Waals surface area (Å²) in [4.78, 5) is 24.4. The Morgan fingerprint density at radius 1 is 1.39 bits per heavy atom. The molecule has 4 nitrogen and oxygen atoms in total. The highest BCUT2D eigenvalue weighted by atomic mass is 32.2. The van der Waals surface area contributed by atoms with Gasteiger partial charge in [0.05, 0.1) is 11.3 Å². The lowest BCUT2D eigenvalue weighted by Gasteiger charge is -2.11. The summed E-state index contributed by atoms with van der Waals surface area (Å²) in [7, 11) is 0. The Kier molecular flexibility index (Phi) is 4.29. The van der Waals surface area contributed by atoms with Crippen molar-refractivity contribution in [2.45, 2.75) is 25.7 Å². The van der Waals surface area contributed by atoms with E-state index in [2.05, 4.69) is 5.32 Å². The van der Waals surface area contributed by atoms with E-state index in [1.165, 1.54) is 28.0 Å². The SMILES string of the molecule is CSCC(=O)Nc1sc2c(c1C(N)=O)CCCC2. The van der Waals surface area contributed by atoms with E-state index in [0.717, 1.165) is 31.2 Å². The number of hydrogen-bond donors (Lipinski definition) is 2. The van der Waals surface area contributed by atoms with Gasteiger partial charge in [-0.25, -0.2) is 0 Å². The molecule has 98 valence electrons. The van der Waals surface area contributed by atoms with Gasteiger partial charge in [-0.2, -0.15) is 11.8 Å². The minimum atomic E-state index is -0.436. The van der Waals surface area contributed by atoms with Crippen LogP contribution in [0.15, 0.2) is 0 Å². The van der Waals surface area contributed by atoms with Crippen LogP contribution >= 0.6 is 23.1 Å². The van der Waals surface area contributed by atoms with Crippen LogP contribution in [0.5, 0.6) is 0 Å². The van der Waals surface area contributed by atoms with Crippen molar-refractivity contribution in [2.75, 3.05) is 17.3 Å². The summed E-state index contributed by atoms with van der Waals surface area (Å²) in [6, 6.07) is 0. The normalized spacial score (nSPS) is 14.1. The molecule has 1 heterocycles. The molecule has 1 aromatic heterocycles. The second-order valence-electron chi connectivity index (χ2n) is 4.26. The third kappa shape index (κ3) is 2.70. The minimum Gasteiger partial charge on any atom is -0.365 e. The number of thiophene rings is 1. The lowest BCUT2D eigenvalue weighted by molar-refractivity contribution is -0.113. The topological polar surface area (TPSA) is 72.2 Å². The predicted octanol–water partition coefficient (Wildman–Crippen LogP) is 2.03. The third-order valence-corrected chi connectivity index (χ3v) is 4.70. The van der Waals surface area contributed by atoms with E-state index in [1.807, 2.05) is 6.26 Å². The number of fused-ring (bicyclic) bond motifs is 1. The van der Waals surface area contributed by atoms with E-state index < -0.39 is 5.91 Å². The molecule has 0 unspecified atom stereocenters. The first kappa shape index (κ1) is 13.4. The molecule has 1 aliphatic rings. The fraction of sp³-hybridized carbons (Fsp3) is 0.500. The fourth-order valence-corrected chi connectivity index (χ4v) is 3.85. The van der Waals surface area contributed by atoms with Gasteiger partial charge in [-0.05, 0) is 37.5 Å². The molecule has 3 N–H and O–H groups in total. The molecule has 2 amide bonds. The Morgan fingerprint density at radius 3 is 2.78 bits per heavy atom. The van der Waals surface area contributed by atoms with E-state index >= 15 is 0 Å². The highest BCUT2D eigenvalue weighted by Gasteiger charge is 2.24. The van der Waals surface area contributed by atoms with Crippen LogP contribution in [0.4, 0.5) is 5.00 Å². The van der Waals surface area contributed by atoms with Crippen LogP contribution in [0.3, 0.4) is 0 Å². The van der Waals surface area contributed by atoms with Crippen LogP contribution in [0.25, 0.3) is 0 Å². The number of nitrogens with one attached hydrogen (secondary N) is 1. The monoisotopic (exact) mass is 284 g/mol. The smallest absolute Gasteiger partial charge is 0.251 e. The molecular weight excluding hydrogens is 268 g/mol. The first-order valence-corrected chi connectivity index (χ1v) is 8.07. The highest BCUT2D eigenvalue weighted by Crippen LogP contribution is 2.37. The van der Waals surface area contributed by atoms with E-state index in [-0.39, 0.29) is 5.91 Å². The number of carbonyl (C=O) groups excluding carboxylic acids is 2. The van der Waals surface area contributed by atoms with Crippen molar-refractivity contribution in [3.05, 3.63) is 16.0 Å². The number of amides is 2. The maximum absolute atomic E-state index is 11.6. The molecule has 0 saturated heterocycles. The molecule has 0 radical (unpaired) electrons. The van der Waals surface area contributed by atoms with Crippen LogP contribution in [-0.2, 0) is 17.6 Å². The average Bonchev–Trinajstić information content (AvgIpc) is 2.66. The predicted molar refractivity (Wildman–Crippen MR) is 76.5 cm³/mol. The van der Waals surface area contributed by atoms with Crippen molar-refractivity contribution >= 4 is 39.9 Å². The first-order chi connectivity index (χ1) is 8.63. The maximum atomic E-state index is 11.6. The Balaban J connectivity index is 2.31. The molecule has 0 aromatic carbocycles. The molecule has 0 aliphatic heterocycles. The van der Waals surface area contributed by atoms with E-state index in [4.69, 9.17) is 5.73 Å². The van der Waals surface area contributed by atoms with Gasteiger partial charge in [0.25, 0.3) is 5.91 Å². The largest absolute Gasteiger partial charge is 0.365 e. The zero-order chi connectivity index (χ0) is 13.1. The Labute approximate surface area is 114 Å². The van der Waals surface area contributed by atoms with Gasteiger partial charge in [-0.15, -0.1) is 11.3 Å². The minimum absolute atomic E-state index is 0.0800. The molecule has 1 aromatic rings. The van der Waals surface area contributed by atoms with Gasteiger partial charge in [0.2, 0.25) is 5.91 Å². The molecule has 2 rings (SSSR count). The zero-order valence-electron chi connectivity index (χ0n) is 10.2. The van der Waals surface area contributed by atoms with Gasteiger partial charge in [-0.3, -0.25) is 9.59 Å². The van der Waals surface area contributed by atoms with Crippen molar-refractivity contribution in [2.24, 2.45) is 5.73 Å². The lowest BCUT2D eigenvalue weighted by atomic mass is 9.95. The Morgan fingerprint density at radius 2 is 2.11 bits per heavy atom. The van der Waals surface area contributed by atoms with Crippen molar-refractivity contribution in [3.63, 3.8) is 0 Å². The van der Waals surface area contributed by atoms with Gasteiger partial charge in [0.1, 0.15) is 5.00 Å². The van der Waals surface area contributed by atoms with E-state index in [0.29, 0.717) is 16.3 Å². The van der Waals surface area contributed by atoms with Crippen molar-refractivity contribution in [1.29, 1.82) is 0 Å². The molecule has 0 saturated carbocycles. The standard InChI is InChI=1S/C12H16N2O2S2/c1-17-6-9(15)14-12-10(11(13)16)7-4-2-3-5-8(7)18-12/h2-6H2,1H3,(H2,13,16)(H,14,15). The number of anilines is 1. The van der Waals surface area contributed by atoms with Gasteiger partial charge in [-0.1, -0.05) is 0 Å². The molecule has 0 spiro atoms. The first-order valence-electron chi connectivity index (χ1n) is 5.86. The highest BCUT2D eigenvalue weighted by molar-refractivity contribution is 7.99. The Bertz CT molecular complexity index is 483. The summed E-state index contributed by atoms with van der Waals surface area (Å²) in [5, 5.41) is 3.44. The molecule has 1 aliphatic carbocycles. The number of carbonyl (C=O) groups is 2. The van der Waals surface area contributed by atoms with Crippen LogP contribution in [0, 0.1) is 0 Å². The number of aryl methyl sites for hydroxylation is 1. The third-order valence-electron chi connectivity index (χ3n) is 2.95. The summed E-state index contributed by atoms with van der Waals surface area (Å²) in [5.41, 5.74) is 7.03. The van der Waals surface area contributed by atoms with Crippen LogP contribution in [0.1, 0.15) is 33.6 Å².